The van der Waals surface area contributed by atoms with E-state index in [0.717, 1.165) is 38.5 Å². The van der Waals surface area contributed by atoms with Gasteiger partial charge in [-0.25, -0.2) is 0 Å². The normalized spacial score (nSPS) is 31.2. The fourth-order valence-corrected chi connectivity index (χ4v) is 9.24. The Hall–Kier alpha value is -5.12. The maximum absolute atomic E-state index is 14.6. The first-order valence-corrected chi connectivity index (χ1v) is 23.2. The highest BCUT2D eigenvalue weighted by molar-refractivity contribution is 6.23. The molecule has 0 saturated carbocycles. The third kappa shape index (κ3) is 11.5. The van der Waals surface area contributed by atoms with Gasteiger partial charge in [0, 0.05) is 74.2 Å². The lowest BCUT2D eigenvalue weighted by atomic mass is 9.78. The number of hydrazone groups is 1. The highest BCUT2D eigenvalue weighted by atomic mass is 16.7. The molecule has 2 aromatic carbocycles. The van der Waals surface area contributed by atoms with Crippen molar-refractivity contribution in [2.45, 2.75) is 150 Å². The molecule has 0 spiro atoms. The van der Waals surface area contributed by atoms with Gasteiger partial charge >= 0.3 is 11.8 Å². The van der Waals surface area contributed by atoms with Gasteiger partial charge in [-0.15, -0.1) is 0 Å². The highest BCUT2D eigenvalue weighted by Crippen LogP contribution is 2.55. The van der Waals surface area contributed by atoms with Crippen LogP contribution in [0.3, 0.4) is 0 Å². The van der Waals surface area contributed by atoms with Gasteiger partial charge in [0.2, 0.25) is 0 Å². The number of benzene rings is 2. The third-order valence-electron chi connectivity index (χ3n) is 13.5. The van der Waals surface area contributed by atoms with Crippen molar-refractivity contribution in [1.29, 1.82) is 0 Å². The molecule has 5 bridgehead atoms. The first kappa shape index (κ1) is 50.9. The van der Waals surface area contributed by atoms with Crippen molar-refractivity contribution in [3.8, 4) is 23.0 Å². The fourth-order valence-electron chi connectivity index (χ4n) is 9.24. The van der Waals surface area contributed by atoms with E-state index >= 15 is 0 Å². The average Bonchev–Trinajstić information content (AvgIpc) is 3.55. The largest absolute Gasteiger partial charge is 0.507 e. The van der Waals surface area contributed by atoms with E-state index in [9.17, 15) is 39.9 Å². The van der Waals surface area contributed by atoms with Gasteiger partial charge in [-0.3, -0.25) is 19.4 Å². The van der Waals surface area contributed by atoms with Crippen LogP contribution >= 0.6 is 0 Å². The molecule has 1 fully saturated rings. The van der Waals surface area contributed by atoms with E-state index in [4.69, 9.17) is 24.0 Å². The number of hydrogen-bond donors (Lipinski definition) is 6. The van der Waals surface area contributed by atoms with Crippen LogP contribution in [0.2, 0.25) is 0 Å². The van der Waals surface area contributed by atoms with Crippen LogP contribution in [-0.2, 0) is 23.8 Å². The number of Topliss-reactive ketones (excluding diaryl/α,β-unsaturated/α-hetero) is 1. The summed E-state index contributed by atoms with van der Waals surface area (Å²) < 4.78 is 23.8. The maximum Gasteiger partial charge on any atom is 0.312 e. The summed E-state index contributed by atoms with van der Waals surface area (Å²) in [6.07, 6.45) is 16.0. The molecule has 9 atom stereocenters. The predicted molar refractivity (Wildman–Crippen MR) is 249 cm³/mol. The number of aliphatic hydroxyl groups is 2. The number of carbonyl (C=O) groups is 3. The summed E-state index contributed by atoms with van der Waals surface area (Å²) in [7, 11) is 1.45. The van der Waals surface area contributed by atoms with Crippen molar-refractivity contribution in [2.75, 3.05) is 25.5 Å². The van der Waals surface area contributed by atoms with E-state index in [2.05, 4.69) is 5.32 Å². The quantitative estimate of drug-likeness (QED) is 0.0738. The topological polar surface area (TPSA) is 217 Å². The first-order chi connectivity index (χ1) is 30.8. The Bertz CT molecular complexity index is 2150. The Labute approximate surface area is 383 Å². The highest BCUT2D eigenvalue weighted by Gasteiger charge is 2.50. The monoisotopic (exact) mass is 906 g/mol. The first-order valence-electron chi connectivity index (χ1n) is 23.2. The Kier molecular flexibility index (Phi) is 17.5. The standard InChI is InChI=1S/C50H71N3O12/c1-28-21-20-22-29(2)49(61)52-40-35(27-51-53-24-18-16-14-12-10-11-13-15-17-19-25-53)44(58)37-38(45(40)59)43(57)33(6)47-39(37)48(60)50(8,65-47)63-26-23-36(62-9)30(3)46(64-34(7)54)32(5)42(56)31(4)41(28)55/h20-23,26-28,30-32,36,41-42,46,55-59H,10-19,24-25H2,1-9H3,(H,52,61)/b21-20+,26-23+,29-22+,51-27?. The average molecular weight is 906 g/mol. The lowest BCUT2D eigenvalue weighted by Gasteiger charge is -2.38. The lowest BCUT2D eigenvalue weighted by Crippen LogP contribution is -2.46. The van der Waals surface area contributed by atoms with Gasteiger partial charge in [0.1, 0.15) is 23.4 Å². The molecule has 0 aliphatic carbocycles. The van der Waals surface area contributed by atoms with Crippen molar-refractivity contribution in [3.05, 3.63) is 52.8 Å². The summed E-state index contributed by atoms with van der Waals surface area (Å²) in [5.41, 5.74) is -0.252. The molecule has 2 aromatic rings. The summed E-state index contributed by atoms with van der Waals surface area (Å²) >= 11 is 0. The summed E-state index contributed by atoms with van der Waals surface area (Å²) in [6, 6.07) is 0. The van der Waals surface area contributed by atoms with E-state index < -0.39 is 88.8 Å². The Balaban J connectivity index is 1.69. The second-order valence-corrected chi connectivity index (χ2v) is 18.4. The SMILES string of the molecule is COC1/C=C/OC2(C)Oc3c(C)c(O)c4c(O)c(c(C=NN5CCCCCCCCCCCC5)c(O)c4c3C2=O)NC(=O)/C(C)=C/C=C/C(C)C(O)C(C)C(O)C(C)C(OC(C)=O)C1C. The third-order valence-corrected chi connectivity index (χ3v) is 13.5. The van der Waals surface area contributed by atoms with Crippen molar-refractivity contribution in [2.24, 2.45) is 28.8 Å². The number of anilines is 1. The molecule has 9 unspecified atom stereocenters. The van der Waals surface area contributed by atoms with Crippen LogP contribution in [0.1, 0.15) is 134 Å². The number of esters is 1. The number of ether oxygens (including phenoxy) is 4. The molecule has 15 heteroatoms. The van der Waals surface area contributed by atoms with E-state index in [0.29, 0.717) is 13.1 Å². The van der Waals surface area contributed by atoms with Crippen LogP contribution in [0.25, 0.3) is 10.8 Å². The molecule has 4 aliphatic heterocycles. The number of phenolic OH excluding ortho intramolecular Hbond substituents is 3. The van der Waals surface area contributed by atoms with Gasteiger partial charge in [0.15, 0.2) is 5.75 Å². The second-order valence-electron chi connectivity index (χ2n) is 18.4. The van der Waals surface area contributed by atoms with Gasteiger partial charge in [-0.2, -0.15) is 5.10 Å². The Morgan fingerprint density at radius 2 is 1.45 bits per heavy atom. The van der Waals surface area contributed by atoms with Gasteiger partial charge in [0.25, 0.3) is 11.7 Å². The number of allylic oxidation sites excluding steroid dienone is 2. The summed E-state index contributed by atoms with van der Waals surface area (Å²) in [4.78, 5) is 41.0. The number of aliphatic hydroxyl groups excluding tert-OH is 2. The molecule has 6 rings (SSSR count). The Morgan fingerprint density at radius 1 is 0.846 bits per heavy atom. The molecule has 4 aliphatic rings. The Morgan fingerprint density at radius 3 is 2.03 bits per heavy atom. The zero-order chi connectivity index (χ0) is 47.7. The van der Waals surface area contributed by atoms with Crippen molar-refractivity contribution < 1.29 is 58.9 Å². The number of rotatable bonds is 4. The minimum atomic E-state index is -2.04. The molecule has 65 heavy (non-hydrogen) atoms. The minimum Gasteiger partial charge on any atom is -0.507 e. The van der Waals surface area contributed by atoms with Crippen LogP contribution in [0.4, 0.5) is 5.69 Å². The van der Waals surface area contributed by atoms with Gasteiger partial charge in [-0.05, 0) is 32.8 Å². The van der Waals surface area contributed by atoms with Gasteiger partial charge in [0.05, 0.1) is 53.0 Å². The van der Waals surface area contributed by atoms with Crippen LogP contribution in [0.5, 0.6) is 23.0 Å². The number of methoxy groups -OCH3 is 1. The molecule has 6 N–H and O–H groups in total. The smallest absolute Gasteiger partial charge is 0.312 e. The number of nitrogens with zero attached hydrogens (tertiary/aromatic N) is 2. The van der Waals surface area contributed by atoms with Crippen LogP contribution in [0.15, 0.2) is 41.2 Å². The number of hydrogen-bond acceptors (Lipinski definition) is 14. The van der Waals surface area contributed by atoms with Crippen molar-refractivity contribution in [1.82, 2.24) is 5.01 Å². The molecule has 15 nitrogen and oxygen atoms in total. The molecular formula is C50H71N3O12. The number of amides is 1. The second kappa shape index (κ2) is 22.4. The lowest BCUT2D eigenvalue weighted by molar-refractivity contribution is -0.160. The molecule has 1 amide bonds. The fraction of sp³-hybridized carbons (Fsp3) is 0.600. The number of phenols is 3. The number of ketones is 1. The molecule has 0 radical (unpaired) electrons. The van der Waals surface area contributed by atoms with E-state index in [1.807, 2.05) is 5.01 Å². The minimum absolute atomic E-state index is 0.0677. The maximum atomic E-state index is 14.6. The van der Waals surface area contributed by atoms with Crippen LogP contribution in [-0.4, -0.2) is 105 Å². The zero-order valence-electron chi connectivity index (χ0n) is 39.6. The van der Waals surface area contributed by atoms with Gasteiger partial charge in [-0.1, -0.05) is 97.3 Å². The van der Waals surface area contributed by atoms with E-state index in [1.165, 1.54) is 78.2 Å². The number of aromatic hydroxyl groups is 3. The van der Waals surface area contributed by atoms with Crippen molar-refractivity contribution in [3.63, 3.8) is 0 Å². The molecule has 1 saturated heterocycles. The van der Waals surface area contributed by atoms with E-state index in [-0.39, 0.29) is 44.5 Å². The molecule has 0 aromatic heterocycles. The zero-order valence-corrected chi connectivity index (χ0v) is 39.6. The molecular weight excluding hydrogens is 835 g/mol. The van der Waals surface area contributed by atoms with Crippen LogP contribution in [0, 0.1) is 30.6 Å². The number of fused-ring (bicyclic) bond motifs is 14. The summed E-state index contributed by atoms with van der Waals surface area (Å²) in [6.45, 7) is 13.9. The van der Waals surface area contributed by atoms with Gasteiger partial charge < -0.3 is 49.8 Å². The number of carbonyl (C=O) groups excluding carboxylic acids is 3. The van der Waals surface area contributed by atoms with Crippen LogP contribution < -0.4 is 10.1 Å². The number of nitrogens with one attached hydrogen (secondary N) is 1. The molecule has 4 heterocycles. The molecule has 358 valence electrons. The predicted octanol–water partition coefficient (Wildman–Crippen LogP) is 8.30. The van der Waals surface area contributed by atoms with Crippen molar-refractivity contribution >= 4 is 40.3 Å². The summed E-state index contributed by atoms with van der Waals surface area (Å²) in [5.74, 6) is -8.24. The summed E-state index contributed by atoms with van der Waals surface area (Å²) in [5, 5.41) is 68.1. The van der Waals surface area contributed by atoms with E-state index in [1.54, 1.807) is 46.8 Å².